The highest BCUT2D eigenvalue weighted by Crippen LogP contribution is 2.39. The van der Waals surface area contributed by atoms with Crippen LogP contribution in [0, 0.1) is 12.3 Å². The molecule has 1 aliphatic carbocycles. The van der Waals surface area contributed by atoms with E-state index in [1.807, 2.05) is 0 Å². The van der Waals surface area contributed by atoms with Crippen molar-refractivity contribution in [1.82, 2.24) is 15.1 Å². The molecule has 0 aromatic carbocycles. The quantitative estimate of drug-likeness (QED) is 0.859. The third-order valence-corrected chi connectivity index (χ3v) is 4.99. The maximum Gasteiger partial charge on any atom is 0.0596 e. The summed E-state index contributed by atoms with van der Waals surface area (Å²) in [4.78, 5) is 0. The zero-order valence-electron chi connectivity index (χ0n) is 13.7. The summed E-state index contributed by atoms with van der Waals surface area (Å²) >= 11 is 0. The number of likely N-dealkylation sites (N-methyl/N-ethyl adjacent to an activating group) is 1. The van der Waals surface area contributed by atoms with Gasteiger partial charge in [0.1, 0.15) is 0 Å². The smallest absolute Gasteiger partial charge is 0.0596 e. The van der Waals surface area contributed by atoms with E-state index in [1.54, 1.807) is 0 Å². The summed E-state index contributed by atoms with van der Waals surface area (Å²) in [5, 5.41) is 8.36. The number of rotatable bonds is 6. The number of nitrogens with one attached hydrogen (secondary N) is 1. The van der Waals surface area contributed by atoms with Crippen molar-refractivity contribution >= 4 is 0 Å². The van der Waals surface area contributed by atoms with E-state index in [2.05, 4.69) is 48.9 Å². The first-order valence-electron chi connectivity index (χ1n) is 8.35. The van der Waals surface area contributed by atoms with Gasteiger partial charge in [-0.1, -0.05) is 33.1 Å². The predicted octanol–water partition coefficient (Wildman–Crippen LogP) is 3.70. The number of aromatic nitrogens is 2. The van der Waals surface area contributed by atoms with Gasteiger partial charge in [-0.2, -0.15) is 5.10 Å². The minimum atomic E-state index is 0.449. The second kappa shape index (κ2) is 6.75. The average molecular weight is 277 g/mol. The second-order valence-corrected chi connectivity index (χ2v) is 6.62. The lowest BCUT2D eigenvalue weighted by atomic mass is 9.69. The molecule has 0 amide bonds. The maximum atomic E-state index is 4.60. The van der Waals surface area contributed by atoms with Crippen LogP contribution in [0.2, 0.25) is 0 Å². The van der Waals surface area contributed by atoms with Gasteiger partial charge < -0.3 is 5.32 Å². The highest BCUT2D eigenvalue weighted by atomic mass is 15.3. The lowest BCUT2D eigenvalue weighted by molar-refractivity contribution is 0.143. The number of aryl methyl sites for hydroxylation is 2. The van der Waals surface area contributed by atoms with Gasteiger partial charge in [-0.25, -0.2) is 0 Å². The van der Waals surface area contributed by atoms with E-state index in [4.69, 9.17) is 0 Å². The molecule has 0 aliphatic heterocycles. The van der Waals surface area contributed by atoms with E-state index in [0.717, 1.165) is 25.2 Å². The van der Waals surface area contributed by atoms with E-state index in [1.165, 1.54) is 37.8 Å². The molecule has 1 fully saturated rings. The Morgan fingerprint density at radius 1 is 1.30 bits per heavy atom. The summed E-state index contributed by atoms with van der Waals surface area (Å²) in [5.74, 6) is 0. The largest absolute Gasteiger partial charge is 0.313 e. The van der Waals surface area contributed by atoms with Crippen molar-refractivity contribution in [2.75, 3.05) is 6.54 Å². The Morgan fingerprint density at radius 2 is 2.00 bits per heavy atom. The first-order chi connectivity index (χ1) is 9.59. The van der Waals surface area contributed by atoms with Crippen LogP contribution < -0.4 is 5.32 Å². The molecule has 0 spiro atoms. The Balaban J connectivity index is 2.15. The summed E-state index contributed by atoms with van der Waals surface area (Å²) in [6.07, 6.45) is 8.04. The van der Waals surface area contributed by atoms with Crippen molar-refractivity contribution in [1.29, 1.82) is 0 Å². The molecule has 1 aromatic heterocycles. The molecule has 1 aromatic rings. The standard InChI is InChI=1S/C17H31N3/c1-5-18-16(17(4)10-8-7-9-11-17)13-15-12-14(3)19-20(15)6-2/h12,16,18H,5-11,13H2,1-4H3. The molecule has 3 heteroatoms. The van der Waals surface area contributed by atoms with E-state index in [-0.39, 0.29) is 0 Å². The van der Waals surface area contributed by atoms with Crippen LogP contribution in [-0.2, 0) is 13.0 Å². The highest BCUT2D eigenvalue weighted by Gasteiger charge is 2.35. The molecule has 1 atom stereocenters. The number of hydrogen-bond donors (Lipinski definition) is 1. The summed E-state index contributed by atoms with van der Waals surface area (Å²) in [7, 11) is 0. The van der Waals surface area contributed by atoms with Gasteiger partial charge in [0, 0.05) is 24.7 Å². The van der Waals surface area contributed by atoms with Crippen LogP contribution in [0.4, 0.5) is 0 Å². The molecule has 0 bridgehead atoms. The van der Waals surface area contributed by atoms with Crippen LogP contribution in [0.25, 0.3) is 0 Å². The second-order valence-electron chi connectivity index (χ2n) is 6.62. The summed E-state index contributed by atoms with van der Waals surface area (Å²) in [5.41, 5.74) is 2.99. The Bertz CT molecular complexity index is 416. The molecule has 1 saturated carbocycles. The Morgan fingerprint density at radius 3 is 2.60 bits per heavy atom. The van der Waals surface area contributed by atoms with Gasteiger partial charge >= 0.3 is 0 Å². The first-order valence-corrected chi connectivity index (χ1v) is 8.35. The fourth-order valence-electron chi connectivity index (χ4n) is 3.77. The first kappa shape index (κ1) is 15.6. The van der Waals surface area contributed by atoms with Gasteiger partial charge in [0.05, 0.1) is 5.69 Å². The van der Waals surface area contributed by atoms with Crippen molar-refractivity contribution in [2.24, 2.45) is 5.41 Å². The SMILES string of the molecule is CCNC(Cc1cc(C)nn1CC)C1(C)CCCCC1. The fourth-order valence-corrected chi connectivity index (χ4v) is 3.77. The molecule has 1 N–H and O–H groups in total. The van der Waals surface area contributed by atoms with Gasteiger partial charge in [0.15, 0.2) is 0 Å². The highest BCUT2D eigenvalue weighted by molar-refractivity contribution is 5.12. The Labute approximate surface area is 124 Å². The van der Waals surface area contributed by atoms with E-state index >= 15 is 0 Å². The molecular formula is C17H31N3. The molecule has 1 heterocycles. The molecule has 1 unspecified atom stereocenters. The molecule has 2 rings (SSSR count). The van der Waals surface area contributed by atoms with Crippen molar-refractivity contribution in [3.8, 4) is 0 Å². The molecule has 0 saturated heterocycles. The number of nitrogens with zero attached hydrogens (tertiary/aromatic N) is 2. The molecular weight excluding hydrogens is 246 g/mol. The summed E-state index contributed by atoms with van der Waals surface area (Å²) in [6, 6.07) is 2.84. The monoisotopic (exact) mass is 277 g/mol. The zero-order valence-corrected chi connectivity index (χ0v) is 13.7. The van der Waals surface area contributed by atoms with E-state index in [0.29, 0.717) is 11.5 Å². The lowest BCUT2D eigenvalue weighted by Gasteiger charge is -2.41. The third kappa shape index (κ3) is 3.43. The van der Waals surface area contributed by atoms with Gasteiger partial charge in [-0.05, 0) is 44.7 Å². The molecule has 3 nitrogen and oxygen atoms in total. The predicted molar refractivity (Wildman–Crippen MR) is 85.0 cm³/mol. The van der Waals surface area contributed by atoms with Gasteiger partial charge in [0.2, 0.25) is 0 Å². The van der Waals surface area contributed by atoms with Gasteiger partial charge in [-0.3, -0.25) is 4.68 Å². The van der Waals surface area contributed by atoms with Crippen LogP contribution in [0.15, 0.2) is 6.07 Å². The molecule has 114 valence electrons. The third-order valence-electron chi connectivity index (χ3n) is 4.99. The lowest BCUT2D eigenvalue weighted by Crippen LogP contribution is -2.46. The van der Waals surface area contributed by atoms with Crippen LogP contribution in [-0.4, -0.2) is 22.4 Å². The van der Waals surface area contributed by atoms with Crippen molar-refractivity contribution in [2.45, 2.75) is 78.8 Å². The van der Waals surface area contributed by atoms with E-state index in [9.17, 15) is 0 Å². The summed E-state index contributed by atoms with van der Waals surface area (Å²) < 4.78 is 2.17. The van der Waals surface area contributed by atoms with Crippen LogP contribution >= 0.6 is 0 Å². The van der Waals surface area contributed by atoms with Crippen molar-refractivity contribution in [3.63, 3.8) is 0 Å². The van der Waals surface area contributed by atoms with Crippen LogP contribution in [0.3, 0.4) is 0 Å². The van der Waals surface area contributed by atoms with Crippen molar-refractivity contribution < 1.29 is 0 Å². The number of hydrogen-bond acceptors (Lipinski definition) is 2. The molecule has 0 radical (unpaired) electrons. The Kier molecular flexibility index (Phi) is 5.25. The van der Waals surface area contributed by atoms with Gasteiger partial charge in [0.25, 0.3) is 0 Å². The normalized spacial score (nSPS) is 20.0. The molecule has 1 aliphatic rings. The summed E-state index contributed by atoms with van der Waals surface area (Å²) in [6.45, 7) is 11.0. The van der Waals surface area contributed by atoms with Crippen LogP contribution in [0.5, 0.6) is 0 Å². The molecule has 20 heavy (non-hydrogen) atoms. The maximum absolute atomic E-state index is 4.60. The average Bonchev–Trinajstić information content (AvgIpc) is 2.79. The van der Waals surface area contributed by atoms with Gasteiger partial charge in [-0.15, -0.1) is 0 Å². The zero-order chi connectivity index (χ0) is 14.6. The minimum absolute atomic E-state index is 0.449. The Hall–Kier alpha value is -0.830. The fraction of sp³-hybridized carbons (Fsp3) is 0.824. The van der Waals surface area contributed by atoms with Crippen LogP contribution in [0.1, 0.15) is 64.3 Å². The van der Waals surface area contributed by atoms with E-state index < -0.39 is 0 Å². The van der Waals surface area contributed by atoms with Crippen molar-refractivity contribution in [3.05, 3.63) is 17.5 Å². The topological polar surface area (TPSA) is 29.9 Å². The minimum Gasteiger partial charge on any atom is -0.313 e.